The minimum absolute atomic E-state index is 0.728. The lowest BCUT2D eigenvalue weighted by atomic mass is 10.0. The van der Waals surface area contributed by atoms with Gasteiger partial charge in [0.2, 0.25) is 0 Å². The molecule has 2 heterocycles. The third kappa shape index (κ3) is 3.38. The Hall–Kier alpha value is -2.91. The highest BCUT2D eigenvalue weighted by Gasteiger charge is 2.19. The summed E-state index contributed by atoms with van der Waals surface area (Å²) in [6.07, 6.45) is 7.06. The molecule has 27 heavy (non-hydrogen) atoms. The summed E-state index contributed by atoms with van der Waals surface area (Å²) in [6.45, 7) is 3.49. The normalized spacial score (nSPS) is 16.1. The molecule has 0 spiro atoms. The summed E-state index contributed by atoms with van der Waals surface area (Å²) in [5, 5.41) is 0. The molecule has 1 aliphatic heterocycles. The maximum atomic E-state index is 6.02. The van der Waals surface area contributed by atoms with Crippen LogP contribution in [0.4, 0.5) is 0 Å². The van der Waals surface area contributed by atoms with Gasteiger partial charge < -0.3 is 4.74 Å². The van der Waals surface area contributed by atoms with Gasteiger partial charge in [-0.2, -0.15) is 0 Å². The van der Waals surface area contributed by atoms with E-state index in [4.69, 9.17) is 4.74 Å². The topological polar surface area (TPSA) is 25.4 Å². The number of rotatable bonds is 3. The van der Waals surface area contributed by atoms with Gasteiger partial charge in [0.25, 0.3) is 0 Å². The molecule has 3 heteroatoms. The van der Waals surface area contributed by atoms with Crippen molar-refractivity contribution in [1.82, 2.24) is 9.88 Å². The molecule has 1 aliphatic carbocycles. The highest BCUT2D eigenvalue weighted by Crippen LogP contribution is 2.34. The fourth-order valence-electron chi connectivity index (χ4n) is 3.99. The van der Waals surface area contributed by atoms with Crippen molar-refractivity contribution in [3.63, 3.8) is 0 Å². The van der Waals surface area contributed by atoms with Crippen LogP contribution >= 0.6 is 0 Å². The molecule has 0 saturated carbocycles. The summed E-state index contributed by atoms with van der Waals surface area (Å²) in [6, 6.07) is 19.5. The second kappa shape index (κ2) is 7.01. The molecule has 0 bridgehead atoms. The minimum Gasteiger partial charge on any atom is -0.492 e. The average Bonchev–Trinajstić information content (AvgIpc) is 3.04. The Balaban J connectivity index is 1.40. The third-order valence-electron chi connectivity index (χ3n) is 5.41. The largest absolute Gasteiger partial charge is 0.492 e. The molecule has 0 saturated heterocycles. The number of allylic oxidation sites excluding steroid dienone is 1. The Kier molecular flexibility index (Phi) is 4.23. The zero-order chi connectivity index (χ0) is 18.1. The van der Waals surface area contributed by atoms with Crippen LogP contribution in [0, 0.1) is 0 Å². The van der Waals surface area contributed by atoms with E-state index in [1.807, 2.05) is 12.4 Å². The van der Waals surface area contributed by atoms with Crippen LogP contribution < -0.4 is 4.74 Å². The molecular formula is C24H22N2O. The first-order chi connectivity index (χ1) is 13.3. The van der Waals surface area contributed by atoms with Gasteiger partial charge in [0.15, 0.2) is 0 Å². The monoisotopic (exact) mass is 354 g/mol. The molecule has 3 aromatic rings. The van der Waals surface area contributed by atoms with Crippen molar-refractivity contribution in [2.45, 2.75) is 19.5 Å². The first kappa shape index (κ1) is 16.3. The van der Waals surface area contributed by atoms with Crippen molar-refractivity contribution in [3.05, 3.63) is 94.8 Å². The van der Waals surface area contributed by atoms with E-state index in [1.165, 1.54) is 33.4 Å². The quantitative estimate of drug-likeness (QED) is 0.689. The summed E-state index contributed by atoms with van der Waals surface area (Å²) >= 11 is 0. The molecule has 0 amide bonds. The van der Waals surface area contributed by atoms with E-state index in [9.17, 15) is 0 Å². The van der Waals surface area contributed by atoms with E-state index < -0.39 is 0 Å². The summed E-state index contributed by atoms with van der Waals surface area (Å²) in [5.74, 6) is 1.02. The van der Waals surface area contributed by atoms with Gasteiger partial charge >= 0.3 is 0 Å². The number of hydrogen-bond acceptors (Lipinski definition) is 3. The van der Waals surface area contributed by atoms with Crippen molar-refractivity contribution in [3.8, 4) is 5.75 Å². The van der Waals surface area contributed by atoms with Crippen LogP contribution in [0.2, 0.25) is 0 Å². The van der Waals surface area contributed by atoms with Crippen LogP contribution in [0.25, 0.3) is 11.6 Å². The first-order valence-corrected chi connectivity index (χ1v) is 9.51. The van der Waals surface area contributed by atoms with Crippen molar-refractivity contribution < 1.29 is 4.74 Å². The predicted molar refractivity (Wildman–Crippen MR) is 108 cm³/mol. The van der Waals surface area contributed by atoms with E-state index in [0.717, 1.165) is 38.4 Å². The summed E-state index contributed by atoms with van der Waals surface area (Å²) in [4.78, 5) is 6.56. The van der Waals surface area contributed by atoms with E-state index >= 15 is 0 Å². The Labute approximate surface area is 159 Å². The molecule has 0 N–H and O–H groups in total. The molecule has 0 atom stereocenters. The molecule has 134 valence electrons. The summed E-state index contributed by atoms with van der Waals surface area (Å²) in [5.41, 5.74) is 8.02. The van der Waals surface area contributed by atoms with E-state index in [2.05, 4.69) is 70.6 Å². The van der Waals surface area contributed by atoms with E-state index in [-0.39, 0.29) is 0 Å². The molecule has 0 unspecified atom stereocenters. The van der Waals surface area contributed by atoms with Crippen LogP contribution in [0.5, 0.6) is 5.75 Å². The van der Waals surface area contributed by atoms with Crippen LogP contribution in [0.15, 0.2) is 67.0 Å². The van der Waals surface area contributed by atoms with Crippen molar-refractivity contribution in [1.29, 1.82) is 0 Å². The second-order valence-electron chi connectivity index (χ2n) is 7.28. The molecule has 0 fully saturated rings. The van der Waals surface area contributed by atoms with Crippen LogP contribution in [0.1, 0.15) is 27.8 Å². The van der Waals surface area contributed by atoms with E-state index in [0.29, 0.717) is 0 Å². The number of aromatic nitrogens is 1. The summed E-state index contributed by atoms with van der Waals surface area (Å²) in [7, 11) is 0. The number of benzene rings is 2. The van der Waals surface area contributed by atoms with Gasteiger partial charge in [0.05, 0.1) is 0 Å². The van der Waals surface area contributed by atoms with Gasteiger partial charge in [-0.3, -0.25) is 9.88 Å². The second-order valence-corrected chi connectivity index (χ2v) is 7.28. The van der Waals surface area contributed by atoms with Gasteiger partial charge in [0, 0.05) is 37.6 Å². The first-order valence-electron chi connectivity index (χ1n) is 9.51. The van der Waals surface area contributed by atoms with Crippen molar-refractivity contribution >= 4 is 11.6 Å². The molecular weight excluding hydrogens is 332 g/mol. The fraction of sp³-hybridized carbons (Fsp3) is 0.208. The van der Waals surface area contributed by atoms with Gasteiger partial charge in [-0.05, 0) is 58.5 Å². The summed E-state index contributed by atoms with van der Waals surface area (Å²) < 4.78 is 6.02. The van der Waals surface area contributed by atoms with Gasteiger partial charge in [-0.1, -0.05) is 36.4 Å². The number of hydrogen-bond donors (Lipinski definition) is 0. The number of pyridine rings is 1. The molecule has 1 aromatic heterocycles. The fourth-order valence-corrected chi connectivity index (χ4v) is 3.99. The lowest BCUT2D eigenvalue weighted by Crippen LogP contribution is -2.25. The van der Waals surface area contributed by atoms with Crippen molar-refractivity contribution in [2.24, 2.45) is 0 Å². The lowest BCUT2D eigenvalue weighted by molar-refractivity contribution is 0.219. The SMILES string of the molecule is C1=C(c2ccc3c(c2)CN(Cc2ccncc2)CCO3)Cc2ccccc21. The highest BCUT2D eigenvalue weighted by molar-refractivity contribution is 5.88. The number of fused-ring (bicyclic) bond motifs is 2. The van der Waals surface area contributed by atoms with Gasteiger partial charge in [0.1, 0.15) is 12.4 Å². The Morgan fingerprint density at radius 3 is 2.74 bits per heavy atom. The van der Waals surface area contributed by atoms with Gasteiger partial charge in [-0.15, -0.1) is 0 Å². The minimum atomic E-state index is 0.728. The Bertz CT molecular complexity index is 994. The van der Waals surface area contributed by atoms with Crippen molar-refractivity contribution in [2.75, 3.05) is 13.2 Å². The van der Waals surface area contributed by atoms with Gasteiger partial charge in [-0.25, -0.2) is 0 Å². The van der Waals surface area contributed by atoms with Crippen LogP contribution in [-0.2, 0) is 19.5 Å². The third-order valence-corrected chi connectivity index (χ3v) is 5.41. The highest BCUT2D eigenvalue weighted by atomic mass is 16.5. The number of ether oxygens (including phenoxy) is 1. The molecule has 5 rings (SSSR count). The zero-order valence-electron chi connectivity index (χ0n) is 15.3. The molecule has 3 nitrogen and oxygen atoms in total. The van der Waals surface area contributed by atoms with Crippen LogP contribution in [-0.4, -0.2) is 23.0 Å². The Morgan fingerprint density at radius 1 is 0.963 bits per heavy atom. The Morgan fingerprint density at radius 2 is 1.85 bits per heavy atom. The molecule has 2 aromatic carbocycles. The van der Waals surface area contributed by atoms with Crippen LogP contribution in [0.3, 0.4) is 0 Å². The maximum absolute atomic E-state index is 6.02. The maximum Gasteiger partial charge on any atom is 0.123 e. The molecule has 2 aliphatic rings. The lowest BCUT2D eigenvalue weighted by Gasteiger charge is -2.19. The zero-order valence-corrected chi connectivity index (χ0v) is 15.3. The smallest absolute Gasteiger partial charge is 0.123 e. The average molecular weight is 354 g/mol. The standard InChI is InChI=1S/C24H22N2O/c1-2-4-20-14-22(13-19(20)3-1)21-5-6-24-23(15-21)17-26(11-12-27-24)16-18-7-9-25-10-8-18/h1-10,13,15H,11-12,14,16-17H2. The van der Waals surface area contributed by atoms with E-state index in [1.54, 1.807) is 0 Å². The molecule has 0 radical (unpaired) electrons. The predicted octanol–water partition coefficient (Wildman–Crippen LogP) is 4.57. The number of nitrogens with zero attached hydrogens (tertiary/aromatic N) is 2.